The number of ether oxygens (including phenoxy) is 1. The average Bonchev–Trinajstić information content (AvgIpc) is 1.89. The molecular weight excluding hydrogens is 198 g/mol. The van der Waals surface area contributed by atoms with Crippen molar-refractivity contribution in [1.82, 2.24) is 0 Å². The van der Waals surface area contributed by atoms with E-state index in [4.69, 9.17) is 4.74 Å². The van der Waals surface area contributed by atoms with E-state index in [1.807, 2.05) is 24.3 Å². The van der Waals surface area contributed by atoms with E-state index in [0.717, 1.165) is 10.6 Å². The molecule has 0 heterocycles. The average molecular weight is 206 g/mol. The minimum absolute atomic E-state index is 0. The van der Waals surface area contributed by atoms with Gasteiger partial charge in [0.25, 0.3) is 0 Å². The van der Waals surface area contributed by atoms with Crippen LogP contribution in [0.3, 0.4) is 0 Å². The zero-order chi connectivity index (χ0) is 6.69. The first kappa shape index (κ1) is 9.99. The molecule has 0 aliphatic heterocycles. The van der Waals surface area contributed by atoms with E-state index in [1.165, 1.54) is 0 Å². The maximum atomic E-state index is 4.97. The molecule has 0 spiro atoms. The van der Waals surface area contributed by atoms with Gasteiger partial charge in [-0.1, -0.05) is 12.1 Å². The van der Waals surface area contributed by atoms with Gasteiger partial charge in [-0.3, -0.25) is 0 Å². The molecule has 0 saturated carbocycles. The fourth-order valence-electron chi connectivity index (χ4n) is 0.630. The Morgan fingerprint density at radius 1 is 1.30 bits per heavy atom. The molecule has 0 unspecified atom stereocenters. The van der Waals surface area contributed by atoms with Crippen LogP contribution in [0.5, 0.6) is 5.75 Å². The fraction of sp³-hybridized carbons (Fsp3) is 0.143. The van der Waals surface area contributed by atoms with Gasteiger partial charge >= 0.3 is 0 Å². The number of para-hydroxylation sites is 1. The second-order valence-corrected chi connectivity index (χ2v) is 2.15. The van der Waals surface area contributed by atoms with Crippen LogP contribution in [0.1, 0.15) is 0 Å². The van der Waals surface area contributed by atoms with Gasteiger partial charge < -0.3 is 4.74 Å². The van der Waals surface area contributed by atoms with Crippen LogP contribution in [-0.2, 0) is 19.5 Å². The number of hydrogen-bond donors (Lipinski definition) is 1. The second kappa shape index (κ2) is 4.75. The number of hydrogen-bond acceptors (Lipinski definition) is 2. The molecule has 0 aliphatic rings. The summed E-state index contributed by atoms with van der Waals surface area (Å²) in [7, 11) is 1.63. The molecule has 0 aromatic heterocycles. The van der Waals surface area contributed by atoms with Crippen molar-refractivity contribution in [1.29, 1.82) is 0 Å². The quantitative estimate of drug-likeness (QED) is 0.545. The number of rotatable bonds is 1. The van der Waals surface area contributed by atoms with Crippen molar-refractivity contribution in [2.45, 2.75) is 4.90 Å². The third-order valence-electron chi connectivity index (χ3n) is 1.09. The van der Waals surface area contributed by atoms with Crippen LogP contribution in [0.15, 0.2) is 29.2 Å². The number of methoxy groups -OCH3 is 1. The SMILES string of the molecule is COc1ccccc1S.[Zn]. The summed E-state index contributed by atoms with van der Waals surface area (Å²) >= 11 is 4.15. The number of benzene rings is 1. The molecule has 3 heteroatoms. The Labute approximate surface area is 78.9 Å². The fourth-order valence-corrected chi connectivity index (χ4v) is 0.882. The third-order valence-corrected chi connectivity index (χ3v) is 1.45. The van der Waals surface area contributed by atoms with Gasteiger partial charge in [-0.15, -0.1) is 12.6 Å². The number of thiol groups is 1. The predicted molar refractivity (Wildman–Crippen MR) is 40.2 cm³/mol. The van der Waals surface area contributed by atoms with E-state index in [2.05, 4.69) is 12.6 Å². The Bertz CT molecular complexity index is 203. The standard InChI is InChI=1S/C7H8OS.Zn/c1-8-6-4-2-3-5-7(6)9;/h2-5,9H,1H3;. The third kappa shape index (κ3) is 2.32. The summed E-state index contributed by atoms with van der Waals surface area (Å²) in [5.74, 6) is 0.820. The van der Waals surface area contributed by atoms with Crippen molar-refractivity contribution in [3.63, 3.8) is 0 Å². The van der Waals surface area contributed by atoms with Crippen molar-refractivity contribution in [3.8, 4) is 5.75 Å². The Morgan fingerprint density at radius 3 is 2.30 bits per heavy atom. The van der Waals surface area contributed by atoms with Gasteiger partial charge in [0.15, 0.2) is 0 Å². The molecule has 1 nitrogen and oxygen atoms in total. The van der Waals surface area contributed by atoms with Crippen molar-refractivity contribution in [2.75, 3.05) is 7.11 Å². The van der Waals surface area contributed by atoms with Gasteiger partial charge in [0.1, 0.15) is 5.75 Å². The molecule has 0 N–H and O–H groups in total. The predicted octanol–water partition coefficient (Wildman–Crippen LogP) is 1.98. The summed E-state index contributed by atoms with van der Waals surface area (Å²) in [6.45, 7) is 0. The molecule has 1 aromatic rings. The first-order valence-electron chi connectivity index (χ1n) is 2.66. The minimum atomic E-state index is 0. The van der Waals surface area contributed by atoms with Gasteiger partial charge in [0.05, 0.1) is 7.11 Å². The molecule has 0 saturated heterocycles. The normalized spacial score (nSPS) is 8.20. The van der Waals surface area contributed by atoms with E-state index in [0.29, 0.717) is 0 Å². The summed E-state index contributed by atoms with van der Waals surface area (Å²) in [6.07, 6.45) is 0. The summed E-state index contributed by atoms with van der Waals surface area (Å²) in [6, 6.07) is 7.60. The van der Waals surface area contributed by atoms with Crippen LogP contribution in [0.2, 0.25) is 0 Å². The van der Waals surface area contributed by atoms with Crippen LogP contribution in [0.25, 0.3) is 0 Å². The minimum Gasteiger partial charge on any atom is -0.496 e. The van der Waals surface area contributed by atoms with Crippen LogP contribution >= 0.6 is 12.6 Å². The van der Waals surface area contributed by atoms with Crippen molar-refractivity contribution in [2.24, 2.45) is 0 Å². The first-order chi connectivity index (χ1) is 4.34. The van der Waals surface area contributed by atoms with Crippen LogP contribution < -0.4 is 4.74 Å². The molecule has 0 bridgehead atoms. The van der Waals surface area contributed by atoms with Gasteiger partial charge in [0, 0.05) is 24.4 Å². The molecule has 50 valence electrons. The van der Waals surface area contributed by atoms with Gasteiger partial charge in [0.2, 0.25) is 0 Å². The van der Waals surface area contributed by atoms with Crippen molar-refractivity contribution < 1.29 is 24.2 Å². The molecule has 0 amide bonds. The monoisotopic (exact) mass is 204 g/mol. The first-order valence-corrected chi connectivity index (χ1v) is 3.11. The van der Waals surface area contributed by atoms with E-state index in [9.17, 15) is 0 Å². The van der Waals surface area contributed by atoms with Crippen LogP contribution in [-0.4, -0.2) is 7.11 Å². The van der Waals surface area contributed by atoms with E-state index in [-0.39, 0.29) is 19.5 Å². The molecule has 0 fully saturated rings. The van der Waals surface area contributed by atoms with E-state index in [1.54, 1.807) is 7.11 Å². The zero-order valence-electron chi connectivity index (χ0n) is 5.87. The Hall–Kier alpha value is -0.00662. The van der Waals surface area contributed by atoms with Crippen LogP contribution in [0.4, 0.5) is 0 Å². The summed E-state index contributed by atoms with van der Waals surface area (Å²) in [5, 5.41) is 0. The largest absolute Gasteiger partial charge is 0.496 e. The maximum Gasteiger partial charge on any atom is 0.132 e. The van der Waals surface area contributed by atoms with Gasteiger partial charge in [-0.25, -0.2) is 0 Å². The topological polar surface area (TPSA) is 9.23 Å². The Morgan fingerprint density at radius 2 is 1.90 bits per heavy atom. The second-order valence-electron chi connectivity index (χ2n) is 1.67. The Balaban J connectivity index is 0.000000810. The maximum absolute atomic E-state index is 4.97. The molecule has 0 radical (unpaired) electrons. The van der Waals surface area contributed by atoms with Crippen LogP contribution in [0, 0.1) is 0 Å². The molecule has 1 rings (SSSR count). The molecular formula is C7H8OSZn. The van der Waals surface area contributed by atoms with Crippen molar-refractivity contribution >= 4 is 12.6 Å². The summed E-state index contributed by atoms with van der Waals surface area (Å²) < 4.78 is 4.97. The summed E-state index contributed by atoms with van der Waals surface area (Å²) in [5.41, 5.74) is 0. The zero-order valence-corrected chi connectivity index (χ0v) is 9.73. The molecule has 0 atom stereocenters. The van der Waals surface area contributed by atoms with E-state index < -0.39 is 0 Å². The van der Waals surface area contributed by atoms with Gasteiger partial charge in [-0.2, -0.15) is 0 Å². The van der Waals surface area contributed by atoms with Gasteiger partial charge in [-0.05, 0) is 12.1 Å². The smallest absolute Gasteiger partial charge is 0.132 e. The van der Waals surface area contributed by atoms with E-state index >= 15 is 0 Å². The molecule has 1 aromatic carbocycles. The Kier molecular flexibility index (Phi) is 4.75. The molecule has 10 heavy (non-hydrogen) atoms. The van der Waals surface area contributed by atoms with Crippen molar-refractivity contribution in [3.05, 3.63) is 24.3 Å². The molecule has 0 aliphatic carbocycles. The summed E-state index contributed by atoms with van der Waals surface area (Å²) in [4.78, 5) is 0.875.